The maximum atomic E-state index is 12.4. The Bertz CT molecular complexity index is 732. The lowest BCUT2D eigenvalue weighted by Crippen LogP contribution is -2.42. The van der Waals surface area contributed by atoms with E-state index in [4.69, 9.17) is 0 Å². The zero-order valence-electron chi connectivity index (χ0n) is 15.3. The molecule has 0 atom stereocenters. The van der Waals surface area contributed by atoms with Crippen molar-refractivity contribution in [2.45, 2.75) is 26.3 Å². The van der Waals surface area contributed by atoms with Gasteiger partial charge in [0.15, 0.2) is 5.78 Å². The maximum absolute atomic E-state index is 12.4. The van der Waals surface area contributed by atoms with Crippen LogP contribution in [0.3, 0.4) is 0 Å². The van der Waals surface area contributed by atoms with Crippen molar-refractivity contribution in [1.29, 1.82) is 0 Å². The van der Waals surface area contributed by atoms with E-state index in [0.29, 0.717) is 13.1 Å². The molecular formula is C22H26N2O2. The first-order valence-corrected chi connectivity index (χ1v) is 9.25. The van der Waals surface area contributed by atoms with Gasteiger partial charge in [-0.05, 0) is 38.4 Å². The van der Waals surface area contributed by atoms with E-state index in [1.165, 1.54) is 0 Å². The second-order valence-electron chi connectivity index (χ2n) is 7.04. The summed E-state index contributed by atoms with van der Waals surface area (Å²) in [5.74, 6) is 0.319. The topological polar surface area (TPSA) is 49.4 Å². The van der Waals surface area contributed by atoms with Crippen molar-refractivity contribution in [3.05, 3.63) is 71.3 Å². The van der Waals surface area contributed by atoms with Gasteiger partial charge in [-0.25, -0.2) is 0 Å². The van der Waals surface area contributed by atoms with Crippen LogP contribution in [0.15, 0.2) is 54.6 Å². The normalized spacial score (nSPS) is 15.6. The number of piperidine rings is 1. The Morgan fingerprint density at radius 3 is 2.31 bits per heavy atom. The Kier molecular flexibility index (Phi) is 6.18. The summed E-state index contributed by atoms with van der Waals surface area (Å²) >= 11 is 0. The molecule has 0 spiro atoms. The summed E-state index contributed by atoms with van der Waals surface area (Å²) in [4.78, 5) is 26.9. The first kappa shape index (κ1) is 18.3. The number of nitrogens with one attached hydrogen (secondary N) is 1. The van der Waals surface area contributed by atoms with Gasteiger partial charge in [-0.15, -0.1) is 0 Å². The van der Waals surface area contributed by atoms with E-state index >= 15 is 0 Å². The van der Waals surface area contributed by atoms with E-state index in [-0.39, 0.29) is 17.6 Å². The number of ketones is 1. The molecule has 2 aromatic rings. The highest BCUT2D eigenvalue weighted by Crippen LogP contribution is 2.18. The molecule has 4 nitrogen and oxygen atoms in total. The molecule has 0 saturated carbocycles. The minimum atomic E-state index is 0.0458. The van der Waals surface area contributed by atoms with Crippen molar-refractivity contribution in [3.63, 3.8) is 0 Å². The number of hydrogen-bond acceptors (Lipinski definition) is 3. The molecule has 3 rings (SSSR count). The Morgan fingerprint density at radius 2 is 1.65 bits per heavy atom. The third-order valence-electron chi connectivity index (χ3n) is 5.01. The highest BCUT2D eigenvalue weighted by atomic mass is 16.2. The van der Waals surface area contributed by atoms with Gasteiger partial charge in [0, 0.05) is 18.0 Å². The van der Waals surface area contributed by atoms with Gasteiger partial charge in [-0.1, -0.05) is 60.2 Å². The average molecular weight is 350 g/mol. The molecule has 1 fully saturated rings. The fourth-order valence-electron chi connectivity index (χ4n) is 3.32. The molecule has 0 unspecified atom stereocenters. The monoisotopic (exact) mass is 350 g/mol. The molecule has 4 heteroatoms. The van der Waals surface area contributed by atoms with Crippen LogP contribution in [0.1, 0.15) is 34.3 Å². The van der Waals surface area contributed by atoms with E-state index in [0.717, 1.165) is 42.6 Å². The van der Waals surface area contributed by atoms with Crippen LogP contribution >= 0.6 is 0 Å². The maximum Gasteiger partial charge on any atom is 0.223 e. The van der Waals surface area contributed by atoms with Crippen LogP contribution in [0.5, 0.6) is 0 Å². The van der Waals surface area contributed by atoms with Gasteiger partial charge in [0.2, 0.25) is 5.91 Å². The second kappa shape index (κ2) is 8.77. The lowest BCUT2D eigenvalue weighted by molar-refractivity contribution is -0.126. The number of Topliss-reactive ketones (excluding diaryl/α,β-unsaturated/α-hetero) is 1. The van der Waals surface area contributed by atoms with Crippen LogP contribution in [0.4, 0.5) is 0 Å². The number of aryl methyl sites for hydroxylation is 1. The molecule has 0 radical (unpaired) electrons. The lowest BCUT2D eigenvalue weighted by atomic mass is 9.95. The van der Waals surface area contributed by atoms with E-state index in [1.54, 1.807) is 0 Å². The number of amides is 1. The molecule has 1 aliphatic heterocycles. The summed E-state index contributed by atoms with van der Waals surface area (Å²) in [5, 5.41) is 3.03. The fraction of sp³-hybridized carbons (Fsp3) is 0.364. The van der Waals surface area contributed by atoms with Crippen LogP contribution in [-0.2, 0) is 11.3 Å². The summed E-state index contributed by atoms with van der Waals surface area (Å²) in [6.45, 7) is 4.61. The number of hydrogen-bond donors (Lipinski definition) is 1. The number of carbonyl (C=O) groups is 2. The summed E-state index contributed by atoms with van der Waals surface area (Å²) in [7, 11) is 0. The standard InChI is InChI=1S/C22H26N2O2/c1-17-7-9-19(10-8-17)21(25)16-24-13-11-20(12-14-24)22(26)23-15-18-5-3-2-4-6-18/h2-10,20H,11-16H2,1H3,(H,23,26). The van der Waals surface area contributed by atoms with Crippen molar-refractivity contribution in [2.75, 3.05) is 19.6 Å². The summed E-state index contributed by atoms with van der Waals surface area (Å²) in [5.41, 5.74) is 3.03. The fourth-order valence-corrected chi connectivity index (χ4v) is 3.32. The zero-order chi connectivity index (χ0) is 18.4. The molecule has 1 heterocycles. The average Bonchev–Trinajstić information content (AvgIpc) is 2.68. The van der Waals surface area contributed by atoms with Crippen molar-refractivity contribution in [3.8, 4) is 0 Å². The number of rotatable bonds is 6. The van der Waals surface area contributed by atoms with Gasteiger partial charge >= 0.3 is 0 Å². The van der Waals surface area contributed by atoms with Gasteiger partial charge < -0.3 is 5.32 Å². The van der Waals surface area contributed by atoms with Gasteiger partial charge in [0.1, 0.15) is 0 Å². The summed E-state index contributed by atoms with van der Waals surface area (Å²) in [6.07, 6.45) is 1.61. The molecule has 1 saturated heterocycles. The van der Waals surface area contributed by atoms with Gasteiger partial charge in [0.05, 0.1) is 6.54 Å². The molecule has 1 amide bonds. The van der Waals surface area contributed by atoms with Crippen LogP contribution in [-0.4, -0.2) is 36.2 Å². The van der Waals surface area contributed by atoms with E-state index < -0.39 is 0 Å². The van der Waals surface area contributed by atoms with Gasteiger partial charge in [-0.3, -0.25) is 14.5 Å². The molecule has 1 aliphatic rings. The highest BCUT2D eigenvalue weighted by molar-refractivity contribution is 5.97. The van der Waals surface area contributed by atoms with Crippen LogP contribution in [0.2, 0.25) is 0 Å². The highest BCUT2D eigenvalue weighted by Gasteiger charge is 2.25. The SMILES string of the molecule is Cc1ccc(C(=O)CN2CCC(C(=O)NCc3ccccc3)CC2)cc1. The van der Waals surface area contributed by atoms with E-state index in [2.05, 4.69) is 10.2 Å². The Balaban J connectivity index is 1.42. The third kappa shape index (κ3) is 5.02. The van der Waals surface area contributed by atoms with Gasteiger partial charge in [0.25, 0.3) is 0 Å². The first-order chi connectivity index (χ1) is 12.6. The van der Waals surface area contributed by atoms with Gasteiger partial charge in [-0.2, -0.15) is 0 Å². The van der Waals surface area contributed by atoms with Crippen LogP contribution in [0, 0.1) is 12.8 Å². The van der Waals surface area contributed by atoms with E-state index in [1.807, 2.05) is 61.5 Å². The Morgan fingerprint density at radius 1 is 1.00 bits per heavy atom. The second-order valence-corrected chi connectivity index (χ2v) is 7.04. The van der Waals surface area contributed by atoms with Crippen molar-refractivity contribution < 1.29 is 9.59 Å². The molecule has 1 N–H and O–H groups in total. The molecule has 0 bridgehead atoms. The Labute approximate surface area is 155 Å². The third-order valence-corrected chi connectivity index (χ3v) is 5.01. The minimum absolute atomic E-state index is 0.0458. The van der Waals surface area contributed by atoms with Crippen LogP contribution < -0.4 is 5.32 Å². The molecular weight excluding hydrogens is 324 g/mol. The summed E-state index contributed by atoms with van der Waals surface area (Å²) < 4.78 is 0. The van der Waals surface area contributed by atoms with Crippen molar-refractivity contribution in [1.82, 2.24) is 10.2 Å². The predicted molar refractivity (Wildman–Crippen MR) is 103 cm³/mol. The molecule has 136 valence electrons. The quantitative estimate of drug-likeness (QED) is 0.814. The lowest BCUT2D eigenvalue weighted by Gasteiger charge is -2.30. The summed E-state index contributed by atoms with van der Waals surface area (Å²) in [6, 6.07) is 17.7. The molecule has 2 aromatic carbocycles. The molecule has 26 heavy (non-hydrogen) atoms. The smallest absolute Gasteiger partial charge is 0.223 e. The number of carbonyl (C=O) groups excluding carboxylic acids is 2. The van der Waals surface area contributed by atoms with E-state index in [9.17, 15) is 9.59 Å². The molecule has 0 aliphatic carbocycles. The predicted octanol–water partition coefficient (Wildman–Crippen LogP) is 3.21. The number of likely N-dealkylation sites (tertiary alicyclic amines) is 1. The number of benzene rings is 2. The first-order valence-electron chi connectivity index (χ1n) is 9.25. The Hall–Kier alpha value is -2.46. The van der Waals surface area contributed by atoms with Crippen molar-refractivity contribution in [2.24, 2.45) is 5.92 Å². The largest absolute Gasteiger partial charge is 0.352 e. The van der Waals surface area contributed by atoms with Crippen LogP contribution in [0.25, 0.3) is 0 Å². The molecule has 0 aromatic heterocycles. The van der Waals surface area contributed by atoms with Crippen molar-refractivity contribution >= 4 is 11.7 Å². The number of nitrogens with zero attached hydrogens (tertiary/aromatic N) is 1. The zero-order valence-corrected chi connectivity index (χ0v) is 15.3. The minimum Gasteiger partial charge on any atom is -0.352 e.